The van der Waals surface area contributed by atoms with Gasteiger partial charge in [-0.05, 0) is 36.2 Å². The van der Waals surface area contributed by atoms with E-state index in [0.29, 0.717) is 0 Å². The number of nitrogens with zero attached hydrogens (tertiary/aromatic N) is 2. The molecule has 0 unspecified atom stereocenters. The molecule has 4 rings (SSSR count). The third kappa shape index (κ3) is 7.44. The van der Waals surface area contributed by atoms with E-state index in [1.165, 1.54) is 59.5 Å². The van der Waals surface area contributed by atoms with E-state index in [1.54, 1.807) is 6.07 Å². The van der Waals surface area contributed by atoms with Gasteiger partial charge in [-0.2, -0.15) is 18.4 Å². The summed E-state index contributed by atoms with van der Waals surface area (Å²) in [6, 6.07) is 16.0. The first-order valence-corrected chi connectivity index (χ1v) is 13.6. The number of carbonyl (C=O) groups is 3. The maximum atomic E-state index is 14.0. The summed E-state index contributed by atoms with van der Waals surface area (Å²) in [5.74, 6) is -6.19. The Kier molecular flexibility index (Phi) is 9.74. The second-order valence-corrected chi connectivity index (χ2v) is 10.5. The lowest BCUT2D eigenvalue weighted by molar-refractivity contribution is -0.144. The van der Waals surface area contributed by atoms with Crippen LogP contribution in [0.15, 0.2) is 66.7 Å². The predicted molar refractivity (Wildman–Crippen MR) is 152 cm³/mol. The van der Waals surface area contributed by atoms with E-state index in [4.69, 9.17) is 17.3 Å². The SMILES string of the molecule is N#Cc1cc(Cl)cc(N2C[C@H](NC(=O)[C@H](CCC(F)(F)F)[C@@H](C(N)=O)c3ccccc3)C(=O)Nc3c(C(F)F)cccc32)c1. The Balaban J connectivity index is 1.77. The number of benzene rings is 3. The molecule has 8 nitrogen and oxygen atoms in total. The van der Waals surface area contributed by atoms with Crippen molar-refractivity contribution in [1.29, 1.82) is 5.26 Å². The summed E-state index contributed by atoms with van der Waals surface area (Å²) in [7, 11) is 0. The van der Waals surface area contributed by atoms with Crippen molar-refractivity contribution in [2.75, 3.05) is 16.8 Å². The molecule has 0 bridgehead atoms. The highest BCUT2D eigenvalue weighted by Crippen LogP contribution is 2.41. The molecule has 0 aliphatic carbocycles. The molecule has 0 spiro atoms. The molecule has 0 radical (unpaired) electrons. The van der Waals surface area contributed by atoms with Crippen molar-refractivity contribution in [3.63, 3.8) is 0 Å². The normalized spacial score (nSPS) is 16.3. The van der Waals surface area contributed by atoms with Gasteiger partial charge < -0.3 is 21.3 Å². The van der Waals surface area contributed by atoms with E-state index < -0.39 is 73.2 Å². The number of alkyl halides is 5. The van der Waals surface area contributed by atoms with Gasteiger partial charge in [0.1, 0.15) is 6.04 Å². The number of hydrogen-bond donors (Lipinski definition) is 3. The summed E-state index contributed by atoms with van der Waals surface area (Å²) in [6.45, 7) is -0.402. The zero-order valence-electron chi connectivity index (χ0n) is 22.7. The number of nitrogens with two attached hydrogens (primary N) is 1. The molecular weight excluding hydrogens is 609 g/mol. The topological polar surface area (TPSA) is 128 Å². The summed E-state index contributed by atoms with van der Waals surface area (Å²) >= 11 is 6.20. The molecule has 1 aliphatic rings. The van der Waals surface area contributed by atoms with Crippen molar-refractivity contribution in [2.45, 2.75) is 37.4 Å². The standard InChI is InChI=1S/C30H25ClF5N5O3/c31-18-11-16(14-37)12-19(13-18)41-15-22(29(44)40-25-21(26(32)33)7-4-8-23(25)41)39-28(43)20(9-10-30(34,35)36)24(27(38)42)17-5-2-1-3-6-17/h1-8,11-13,20,22,24,26H,9-10,15H2,(H2,38,42)(H,39,43)(H,40,44)/t20-,22+,24+/m1/s1. The summed E-state index contributed by atoms with van der Waals surface area (Å²) in [4.78, 5) is 41.0. The first-order valence-electron chi connectivity index (χ1n) is 13.2. The van der Waals surface area contributed by atoms with Gasteiger partial charge in [0, 0.05) is 22.7 Å². The summed E-state index contributed by atoms with van der Waals surface area (Å²) < 4.78 is 67.9. The molecule has 3 aromatic carbocycles. The Morgan fingerprint density at radius 2 is 1.82 bits per heavy atom. The van der Waals surface area contributed by atoms with E-state index in [9.17, 15) is 41.6 Å². The number of para-hydroxylation sites is 1. The van der Waals surface area contributed by atoms with Gasteiger partial charge in [0.2, 0.25) is 17.7 Å². The molecular formula is C30H25ClF5N5O3. The Labute approximate surface area is 253 Å². The molecule has 3 amide bonds. The maximum absolute atomic E-state index is 14.0. The van der Waals surface area contributed by atoms with Crippen molar-refractivity contribution >= 4 is 46.4 Å². The van der Waals surface area contributed by atoms with Gasteiger partial charge in [0.15, 0.2) is 0 Å². The Morgan fingerprint density at radius 3 is 2.43 bits per heavy atom. The number of anilines is 3. The molecule has 4 N–H and O–H groups in total. The maximum Gasteiger partial charge on any atom is 0.389 e. The first-order chi connectivity index (χ1) is 20.8. The van der Waals surface area contributed by atoms with Gasteiger partial charge in [-0.1, -0.05) is 54.1 Å². The quantitative estimate of drug-likeness (QED) is 0.251. The lowest BCUT2D eigenvalue weighted by Gasteiger charge is -2.30. The van der Waals surface area contributed by atoms with Crippen LogP contribution in [0, 0.1) is 17.2 Å². The monoisotopic (exact) mass is 633 g/mol. The van der Waals surface area contributed by atoms with Crippen LogP contribution in [0.1, 0.15) is 41.9 Å². The fourth-order valence-electron chi connectivity index (χ4n) is 5.13. The van der Waals surface area contributed by atoms with Crippen molar-refractivity contribution < 1.29 is 36.3 Å². The Bertz CT molecular complexity index is 1600. The van der Waals surface area contributed by atoms with Crippen LogP contribution in [0.3, 0.4) is 0 Å². The highest BCUT2D eigenvalue weighted by Gasteiger charge is 2.40. The summed E-state index contributed by atoms with van der Waals surface area (Å²) in [5, 5.41) is 14.4. The fraction of sp³-hybridized carbons (Fsp3) is 0.267. The number of nitriles is 1. The van der Waals surface area contributed by atoms with Gasteiger partial charge in [-0.15, -0.1) is 0 Å². The van der Waals surface area contributed by atoms with Crippen molar-refractivity contribution in [3.05, 3.63) is 88.4 Å². The van der Waals surface area contributed by atoms with Crippen LogP contribution in [0.25, 0.3) is 0 Å². The molecule has 0 fully saturated rings. The number of fused-ring (bicyclic) bond motifs is 1. The Hall–Kier alpha value is -4.70. The van der Waals surface area contributed by atoms with Crippen molar-refractivity contribution in [1.82, 2.24) is 5.32 Å². The van der Waals surface area contributed by atoms with Crippen LogP contribution >= 0.6 is 11.6 Å². The number of amides is 3. The van der Waals surface area contributed by atoms with Crippen molar-refractivity contribution in [3.8, 4) is 6.07 Å². The molecule has 44 heavy (non-hydrogen) atoms. The van der Waals surface area contributed by atoms with Gasteiger partial charge in [-0.25, -0.2) is 8.78 Å². The smallest absolute Gasteiger partial charge is 0.369 e. The van der Waals surface area contributed by atoms with Crippen LogP contribution in [0.2, 0.25) is 5.02 Å². The minimum absolute atomic E-state index is 0.0898. The first kappa shape index (κ1) is 32.2. The van der Waals surface area contributed by atoms with Crippen LogP contribution in [0.4, 0.5) is 39.0 Å². The zero-order chi connectivity index (χ0) is 32.2. The lowest BCUT2D eigenvalue weighted by Crippen LogP contribution is -2.51. The van der Waals surface area contributed by atoms with Gasteiger partial charge >= 0.3 is 6.18 Å². The fourth-order valence-corrected chi connectivity index (χ4v) is 5.36. The number of primary amides is 1. The highest BCUT2D eigenvalue weighted by atomic mass is 35.5. The second kappa shape index (κ2) is 13.3. The van der Waals surface area contributed by atoms with Crippen molar-refractivity contribution in [2.24, 2.45) is 11.7 Å². The van der Waals surface area contributed by atoms with Crippen LogP contribution in [-0.4, -0.2) is 36.5 Å². The molecule has 0 saturated heterocycles. The molecule has 0 saturated carbocycles. The average Bonchev–Trinajstić information content (AvgIpc) is 3.10. The average molecular weight is 634 g/mol. The zero-order valence-corrected chi connectivity index (χ0v) is 23.5. The molecule has 3 atom stereocenters. The van der Waals surface area contributed by atoms with Gasteiger partial charge in [-0.3, -0.25) is 14.4 Å². The number of nitrogens with one attached hydrogen (secondary N) is 2. The minimum Gasteiger partial charge on any atom is -0.369 e. The van der Waals surface area contributed by atoms with Gasteiger partial charge in [0.25, 0.3) is 6.43 Å². The van der Waals surface area contributed by atoms with E-state index in [-0.39, 0.29) is 33.2 Å². The number of halogens is 6. The van der Waals surface area contributed by atoms with Crippen LogP contribution in [-0.2, 0) is 14.4 Å². The third-order valence-corrected chi connectivity index (χ3v) is 7.33. The minimum atomic E-state index is -4.67. The third-order valence-electron chi connectivity index (χ3n) is 7.11. The van der Waals surface area contributed by atoms with Crippen LogP contribution in [0.5, 0.6) is 0 Å². The van der Waals surface area contributed by atoms with Gasteiger partial charge in [0.05, 0.1) is 41.4 Å². The molecule has 0 aromatic heterocycles. The van der Waals surface area contributed by atoms with E-state index in [2.05, 4.69) is 10.6 Å². The molecule has 1 heterocycles. The van der Waals surface area contributed by atoms with Crippen LogP contribution < -0.4 is 21.3 Å². The molecule has 3 aromatic rings. The van der Waals surface area contributed by atoms with E-state index >= 15 is 0 Å². The summed E-state index contributed by atoms with van der Waals surface area (Å²) in [5.41, 5.74) is 5.39. The second-order valence-electron chi connectivity index (χ2n) is 10.1. The summed E-state index contributed by atoms with van der Waals surface area (Å²) in [6.07, 6.45) is -9.94. The molecule has 1 aliphatic heterocycles. The number of hydrogen-bond acceptors (Lipinski definition) is 5. The number of rotatable bonds is 9. The molecule has 230 valence electrons. The predicted octanol–water partition coefficient (Wildman–Crippen LogP) is 5.95. The number of carbonyl (C=O) groups excluding carboxylic acids is 3. The van der Waals surface area contributed by atoms with E-state index in [1.807, 2.05) is 6.07 Å². The molecule has 14 heteroatoms. The highest BCUT2D eigenvalue weighted by molar-refractivity contribution is 6.31. The lowest BCUT2D eigenvalue weighted by atomic mass is 9.81. The Morgan fingerprint density at radius 1 is 1.11 bits per heavy atom. The largest absolute Gasteiger partial charge is 0.389 e. The van der Waals surface area contributed by atoms with E-state index in [0.717, 1.165) is 6.07 Å².